The molecule has 0 saturated carbocycles. The van der Waals surface area contributed by atoms with Gasteiger partial charge < -0.3 is 9.47 Å². The van der Waals surface area contributed by atoms with E-state index >= 15 is 0 Å². The van der Waals surface area contributed by atoms with Gasteiger partial charge in [-0.15, -0.1) is 0 Å². The number of imide groups is 1. The quantitative estimate of drug-likeness (QED) is 0.685. The molecule has 1 unspecified atom stereocenters. The molecular weight excluding hydrogens is 405 g/mol. The fourth-order valence-electron chi connectivity index (χ4n) is 2.10. The van der Waals surface area contributed by atoms with Crippen LogP contribution in [0.5, 0.6) is 11.5 Å². The van der Waals surface area contributed by atoms with Gasteiger partial charge in [0.15, 0.2) is 11.5 Å². The van der Waals surface area contributed by atoms with Crippen molar-refractivity contribution < 1.29 is 19.1 Å². The van der Waals surface area contributed by atoms with Crippen LogP contribution in [0.3, 0.4) is 0 Å². The number of rotatable bonds is 5. The van der Waals surface area contributed by atoms with Crippen molar-refractivity contribution in [2.45, 2.75) is 18.6 Å². The fraction of sp³-hybridized carbons (Fsp3) is 0.429. The van der Waals surface area contributed by atoms with E-state index < -0.39 is 0 Å². The normalized spacial score (nSPS) is 18.3. The van der Waals surface area contributed by atoms with Crippen LogP contribution >= 0.6 is 34.4 Å². The van der Waals surface area contributed by atoms with Crippen molar-refractivity contribution in [1.82, 2.24) is 4.90 Å². The lowest BCUT2D eigenvalue weighted by atomic mass is 10.1. The van der Waals surface area contributed by atoms with Crippen molar-refractivity contribution in [2.24, 2.45) is 0 Å². The zero-order valence-electron chi connectivity index (χ0n) is 12.0. The maximum absolute atomic E-state index is 11.9. The maximum Gasteiger partial charge on any atom is 0.289 e. The van der Waals surface area contributed by atoms with E-state index in [9.17, 15) is 9.59 Å². The molecule has 1 fully saturated rings. The first-order chi connectivity index (χ1) is 9.97. The second kappa shape index (κ2) is 6.87. The van der Waals surface area contributed by atoms with Crippen LogP contribution < -0.4 is 9.47 Å². The van der Waals surface area contributed by atoms with Crippen molar-refractivity contribution in [3.63, 3.8) is 0 Å². The third-order valence-corrected chi connectivity index (χ3v) is 5.25. The summed E-state index contributed by atoms with van der Waals surface area (Å²) in [6, 6.07) is 3.78. The van der Waals surface area contributed by atoms with Crippen LogP contribution in [-0.2, 0) is 11.2 Å². The van der Waals surface area contributed by atoms with Gasteiger partial charge >= 0.3 is 0 Å². The fourth-order valence-corrected chi connectivity index (χ4v) is 3.64. The number of benzene rings is 1. The predicted molar refractivity (Wildman–Crippen MR) is 90.1 cm³/mol. The predicted octanol–water partition coefficient (Wildman–Crippen LogP) is 2.93. The summed E-state index contributed by atoms with van der Waals surface area (Å²) >= 11 is 3.29. The molecule has 1 aromatic rings. The first-order valence-electron chi connectivity index (χ1n) is 6.40. The topological polar surface area (TPSA) is 55.8 Å². The second-order valence-electron chi connectivity index (χ2n) is 4.56. The molecule has 7 heteroatoms. The summed E-state index contributed by atoms with van der Waals surface area (Å²) in [6.45, 7) is 2.14. The highest BCUT2D eigenvalue weighted by Gasteiger charge is 2.36. The molecule has 1 aromatic carbocycles. The van der Waals surface area contributed by atoms with E-state index in [1.165, 1.54) is 4.90 Å². The monoisotopic (exact) mass is 421 g/mol. The van der Waals surface area contributed by atoms with E-state index in [1.807, 2.05) is 12.1 Å². The van der Waals surface area contributed by atoms with Crippen LogP contribution in [0.15, 0.2) is 12.1 Å². The first kappa shape index (κ1) is 16.4. The number of halogens is 1. The van der Waals surface area contributed by atoms with E-state index in [0.29, 0.717) is 24.5 Å². The van der Waals surface area contributed by atoms with Crippen LogP contribution in [0.1, 0.15) is 12.5 Å². The number of amides is 2. The number of thioether (sulfide) groups is 1. The number of methoxy groups -OCH3 is 2. The van der Waals surface area contributed by atoms with Gasteiger partial charge in [0, 0.05) is 10.1 Å². The molecule has 0 N–H and O–H groups in total. The van der Waals surface area contributed by atoms with Gasteiger partial charge in [-0.1, -0.05) is 11.8 Å². The Kier molecular flexibility index (Phi) is 5.37. The van der Waals surface area contributed by atoms with Crippen molar-refractivity contribution in [3.8, 4) is 11.5 Å². The minimum atomic E-state index is -0.276. The van der Waals surface area contributed by atoms with Crippen molar-refractivity contribution >= 4 is 45.5 Å². The average molecular weight is 421 g/mol. The SMILES string of the molecule is COc1cc(I)c(CCN2C(=O)SC(C)C2=O)cc1OC. The van der Waals surface area contributed by atoms with Gasteiger partial charge in [-0.25, -0.2) is 0 Å². The zero-order valence-corrected chi connectivity index (χ0v) is 15.0. The Morgan fingerprint density at radius 1 is 1.24 bits per heavy atom. The highest BCUT2D eigenvalue weighted by molar-refractivity contribution is 14.1. The van der Waals surface area contributed by atoms with Gasteiger partial charge in [-0.3, -0.25) is 14.5 Å². The second-order valence-corrected chi connectivity index (χ2v) is 7.02. The van der Waals surface area contributed by atoms with Crippen LogP contribution in [0.2, 0.25) is 0 Å². The molecule has 0 aliphatic carbocycles. The third kappa shape index (κ3) is 3.45. The first-order valence-corrected chi connectivity index (χ1v) is 8.36. The van der Waals surface area contributed by atoms with Crippen molar-refractivity contribution in [2.75, 3.05) is 20.8 Å². The molecule has 2 rings (SSSR count). The lowest BCUT2D eigenvalue weighted by Gasteiger charge is -2.15. The molecular formula is C14H16INO4S. The smallest absolute Gasteiger partial charge is 0.289 e. The molecule has 114 valence electrons. The van der Waals surface area contributed by atoms with E-state index in [2.05, 4.69) is 22.6 Å². The zero-order chi connectivity index (χ0) is 15.6. The highest BCUT2D eigenvalue weighted by Crippen LogP contribution is 2.32. The number of carbonyl (C=O) groups is 2. The van der Waals surface area contributed by atoms with Gasteiger partial charge in [-0.2, -0.15) is 0 Å². The Balaban J connectivity index is 2.13. The summed E-state index contributed by atoms with van der Waals surface area (Å²) in [5.41, 5.74) is 1.03. The molecule has 0 spiro atoms. The molecule has 1 saturated heterocycles. The standard InChI is InChI=1S/C14H16INO4S/c1-8-13(17)16(14(18)21-8)5-4-9-6-11(19-2)12(20-3)7-10(9)15/h6-8H,4-5H2,1-3H3. The maximum atomic E-state index is 11.9. The summed E-state index contributed by atoms with van der Waals surface area (Å²) in [4.78, 5) is 25.0. The summed E-state index contributed by atoms with van der Waals surface area (Å²) < 4.78 is 11.5. The van der Waals surface area contributed by atoms with Crippen LogP contribution in [-0.4, -0.2) is 42.1 Å². The number of hydrogen-bond acceptors (Lipinski definition) is 5. The van der Waals surface area contributed by atoms with Crippen molar-refractivity contribution in [3.05, 3.63) is 21.3 Å². The largest absolute Gasteiger partial charge is 0.493 e. The van der Waals surface area contributed by atoms with E-state index in [4.69, 9.17) is 9.47 Å². The molecule has 0 radical (unpaired) electrons. The number of hydrogen-bond donors (Lipinski definition) is 0. The highest BCUT2D eigenvalue weighted by atomic mass is 127. The Morgan fingerprint density at radius 2 is 1.86 bits per heavy atom. The van der Waals surface area contributed by atoms with Gasteiger partial charge in [0.1, 0.15) is 0 Å². The Labute approximate surface area is 141 Å². The molecule has 1 aliphatic rings. The van der Waals surface area contributed by atoms with Gasteiger partial charge in [0.05, 0.1) is 19.5 Å². The lowest BCUT2D eigenvalue weighted by Crippen LogP contribution is -2.32. The minimum absolute atomic E-state index is 0.111. The van der Waals surface area contributed by atoms with Crippen LogP contribution in [0.25, 0.3) is 0 Å². The molecule has 2 amide bonds. The molecule has 5 nitrogen and oxygen atoms in total. The van der Waals surface area contributed by atoms with Gasteiger partial charge in [-0.05, 0) is 53.6 Å². The van der Waals surface area contributed by atoms with Crippen molar-refractivity contribution in [1.29, 1.82) is 0 Å². The average Bonchev–Trinajstić information content (AvgIpc) is 2.71. The minimum Gasteiger partial charge on any atom is -0.493 e. The van der Waals surface area contributed by atoms with Gasteiger partial charge in [0.2, 0.25) is 5.91 Å². The third-order valence-electron chi connectivity index (χ3n) is 3.27. The number of ether oxygens (including phenoxy) is 2. The number of nitrogens with zero attached hydrogens (tertiary/aromatic N) is 1. The molecule has 0 aromatic heterocycles. The summed E-state index contributed by atoms with van der Waals surface area (Å²) in [5, 5.41) is -0.440. The Bertz CT molecular complexity index is 578. The Hall–Kier alpha value is -0.960. The van der Waals surface area contributed by atoms with Crippen LogP contribution in [0, 0.1) is 3.57 Å². The molecule has 0 bridgehead atoms. The molecule has 21 heavy (non-hydrogen) atoms. The van der Waals surface area contributed by atoms with E-state index in [0.717, 1.165) is 20.9 Å². The van der Waals surface area contributed by atoms with Gasteiger partial charge in [0.25, 0.3) is 5.24 Å². The summed E-state index contributed by atoms with van der Waals surface area (Å²) in [7, 11) is 3.17. The number of carbonyl (C=O) groups excluding carboxylic acids is 2. The molecule has 1 atom stereocenters. The summed E-state index contributed by atoms with van der Waals surface area (Å²) in [6.07, 6.45) is 0.601. The van der Waals surface area contributed by atoms with Crippen LogP contribution in [0.4, 0.5) is 4.79 Å². The Morgan fingerprint density at radius 3 is 2.38 bits per heavy atom. The van der Waals surface area contributed by atoms with E-state index in [1.54, 1.807) is 21.1 Å². The molecule has 1 heterocycles. The lowest BCUT2D eigenvalue weighted by molar-refractivity contribution is -0.126. The van der Waals surface area contributed by atoms with E-state index in [-0.39, 0.29) is 16.4 Å². The molecule has 1 aliphatic heterocycles. The summed E-state index contributed by atoms with van der Waals surface area (Å²) in [5.74, 6) is 1.21.